The SMILES string of the molecule is O=C(CCCCCCCCC(=O)OCc1ccc2c(c1)OCCOCCOCCOc1ccccc1OCCOCCOCCO2)OCCCCCCOC(=O)c1cc[n+](CC[n+]2ccc(C(=O)OCCCCCCOC(=O)CCCCCCCCC(=O)OCc3ccc4c(c3)OCCOCCOCCOc3ccccc3OCCOCCOCCO4)cc2)cc1. The van der Waals surface area contributed by atoms with Gasteiger partial charge in [-0.05, 0) is 137 Å². The van der Waals surface area contributed by atoms with Crippen molar-refractivity contribution in [2.75, 3.05) is 185 Å². The number of carbonyl (C=O) groups excluding carboxylic acids is 6. The molecule has 0 amide bonds. The van der Waals surface area contributed by atoms with Crippen molar-refractivity contribution in [3.05, 3.63) is 156 Å². The third-order valence-corrected chi connectivity index (χ3v) is 19.8. The molecule has 8 rings (SSSR count). The van der Waals surface area contributed by atoms with Crippen LogP contribution < -0.4 is 47.0 Å². The minimum Gasteiger partial charge on any atom is -0.487 e. The Morgan fingerprint density at radius 2 is 0.452 bits per heavy atom. The number of hydrogen-bond acceptors (Lipinski definition) is 28. The van der Waals surface area contributed by atoms with E-state index in [0.29, 0.717) is 293 Å². The van der Waals surface area contributed by atoms with Crippen molar-refractivity contribution < 1.29 is 142 Å². The van der Waals surface area contributed by atoms with Crippen LogP contribution >= 0.6 is 0 Å². The predicted octanol–water partition coefficient (Wildman–Crippen LogP) is 13.8. The molecule has 0 bridgehead atoms. The smallest absolute Gasteiger partial charge is 0.338 e. The first kappa shape index (κ1) is 101. The molecular weight excluding hydrogens is 1630 g/mol. The van der Waals surface area contributed by atoms with Gasteiger partial charge in [0.1, 0.15) is 66.1 Å². The number of unbranched alkanes of at least 4 members (excludes halogenated alkanes) is 16. The highest BCUT2D eigenvalue weighted by atomic mass is 16.6. The fourth-order valence-electron chi connectivity index (χ4n) is 12.9. The second-order valence-electron chi connectivity index (χ2n) is 29.9. The number of benzene rings is 4. The Morgan fingerprint density at radius 1 is 0.230 bits per heavy atom. The van der Waals surface area contributed by atoms with Gasteiger partial charge in [0.05, 0.1) is 143 Å². The van der Waals surface area contributed by atoms with E-state index in [9.17, 15) is 28.8 Å². The van der Waals surface area contributed by atoms with Crippen molar-refractivity contribution in [2.24, 2.45) is 0 Å². The summed E-state index contributed by atoms with van der Waals surface area (Å²) in [4.78, 5) is 75.7. The molecule has 0 atom stereocenters. The van der Waals surface area contributed by atoms with Gasteiger partial charge in [0.25, 0.3) is 0 Å². The van der Waals surface area contributed by atoms with Crippen LogP contribution in [-0.4, -0.2) is 221 Å². The molecule has 0 aliphatic carbocycles. The van der Waals surface area contributed by atoms with Crippen molar-refractivity contribution in [3.8, 4) is 46.0 Å². The second-order valence-corrected chi connectivity index (χ2v) is 29.9. The van der Waals surface area contributed by atoms with Gasteiger partial charge in [-0.15, -0.1) is 0 Å². The highest BCUT2D eigenvalue weighted by Gasteiger charge is 2.19. The zero-order valence-corrected chi connectivity index (χ0v) is 73.6. The zero-order chi connectivity index (χ0) is 88.3. The first-order chi connectivity index (χ1) is 62.1. The number of esters is 6. The van der Waals surface area contributed by atoms with Crippen LogP contribution in [0, 0.1) is 0 Å². The average Bonchev–Trinajstić information content (AvgIpc) is 0.861. The molecule has 126 heavy (non-hydrogen) atoms. The lowest BCUT2D eigenvalue weighted by Gasteiger charge is -2.15. The molecule has 2 aliphatic heterocycles. The van der Waals surface area contributed by atoms with E-state index >= 15 is 0 Å². The Balaban J connectivity index is 0.548. The number of aromatic nitrogens is 2. The summed E-state index contributed by atoms with van der Waals surface area (Å²) in [5.41, 5.74) is 2.46. The first-order valence-corrected chi connectivity index (χ1v) is 45.1. The lowest BCUT2D eigenvalue weighted by atomic mass is 10.1. The number of ether oxygens (including phenoxy) is 22. The van der Waals surface area contributed by atoms with Gasteiger partial charge in [-0.2, -0.15) is 9.13 Å². The Labute approximate surface area is 742 Å². The van der Waals surface area contributed by atoms with Crippen molar-refractivity contribution in [3.63, 3.8) is 0 Å². The van der Waals surface area contributed by atoms with Crippen LogP contribution in [0.25, 0.3) is 0 Å². The maximum atomic E-state index is 12.8. The van der Waals surface area contributed by atoms with Crippen molar-refractivity contribution in [1.82, 2.24) is 0 Å². The zero-order valence-electron chi connectivity index (χ0n) is 73.6. The van der Waals surface area contributed by atoms with Gasteiger partial charge >= 0.3 is 35.8 Å². The first-order valence-electron chi connectivity index (χ1n) is 45.1. The number of aryl methyl sites for hydroxylation is 2. The maximum Gasteiger partial charge on any atom is 0.338 e. The van der Waals surface area contributed by atoms with Gasteiger partial charge in [-0.25, -0.2) is 9.59 Å². The van der Waals surface area contributed by atoms with Gasteiger partial charge in [-0.1, -0.05) is 87.8 Å². The number of hydrogen-bond donors (Lipinski definition) is 0. The Bertz CT molecular complexity index is 3690. The molecule has 694 valence electrons. The van der Waals surface area contributed by atoms with Crippen LogP contribution in [0.2, 0.25) is 0 Å². The molecule has 30 heteroatoms. The van der Waals surface area contributed by atoms with E-state index in [1.54, 1.807) is 36.4 Å². The fourth-order valence-corrected chi connectivity index (χ4v) is 12.9. The minimum absolute atomic E-state index is 0.0971. The molecule has 0 saturated carbocycles. The van der Waals surface area contributed by atoms with E-state index in [0.717, 1.165) is 114 Å². The second kappa shape index (κ2) is 66.5. The standard InChI is InChI=1S/C96H134N2O28/c99-91(29-13-5-1-3-7-15-31-93(101)125-77-79-33-35-87-89(75-79)119-73-65-111-57-55-107-61-69-115-85-27-19-17-25-83(85)113-67-59-105-51-53-109-63-71-117-87)121-47-21-9-11-23-49-123-95(103)81-37-41-97(42-38-81)45-46-98-43-39-82(40-44-98)96(104)124-50-24-12-10-22-48-122-92(100)30-14-6-2-4-8-16-32-94(102)126-78-80-34-36-88-90(76-80)120-74-66-112-58-56-108-62-70-116-86-28-20-18-26-84(86)114-68-60-106-52-54-110-64-72-118-88/h17-20,25-28,33-44,75-76H,1-16,21-24,29-32,45-74,77-78H2/q+2. The Kier molecular flexibility index (Phi) is 53.6. The summed E-state index contributed by atoms with van der Waals surface area (Å²) >= 11 is 0. The average molecular weight is 1760 g/mol. The molecule has 2 aliphatic rings. The highest BCUT2D eigenvalue weighted by Crippen LogP contribution is 2.32. The lowest BCUT2D eigenvalue weighted by molar-refractivity contribution is -0.778. The lowest BCUT2D eigenvalue weighted by Crippen LogP contribution is -2.44. The molecule has 0 saturated heterocycles. The van der Waals surface area contributed by atoms with E-state index in [-0.39, 0.29) is 62.2 Å². The maximum absolute atomic E-state index is 12.8. The van der Waals surface area contributed by atoms with Gasteiger partial charge in [-0.3, -0.25) is 19.2 Å². The van der Waals surface area contributed by atoms with E-state index in [1.165, 1.54) is 0 Å². The fraction of sp³-hybridized carbons (Fsp3) is 0.583. The molecule has 0 unspecified atom stereocenters. The number of carbonyl (C=O) groups is 6. The molecular formula is C96H134N2O28+2. The van der Waals surface area contributed by atoms with Crippen LogP contribution in [0.4, 0.5) is 0 Å². The van der Waals surface area contributed by atoms with Crippen molar-refractivity contribution in [1.29, 1.82) is 0 Å². The molecule has 4 aromatic carbocycles. The third-order valence-electron chi connectivity index (χ3n) is 19.8. The van der Waals surface area contributed by atoms with Crippen LogP contribution in [0.5, 0.6) is 46.0 Å². The van der Waals surface area contributed by atoms with Crippen molar-refractivity contribution in [2.45, 2.75) is 180 Å². The summed E-state index contributed by atoms with van der Waals surface area (Å²) in [5.74, 6) is 2.96. The normalized spacial score (nSPS) is 14.9. The van der Waals surface area contributed by atoms with E-state index < -0.39 is 0 Å². The van der Waals surface area contributed by atoms with Gasteiger partial charge in [0, 0.05) is 49.9 Å². The summed E-state index contributed by atoms with van der Waals surface area (Å²) in [6, 6.07) is 32.8. The predicted molar refractivity (Wildman–Crippen MR) is 462 cm³/mol. The third kappa shape index (κ3) is 46.5. The van der Waals surface area contributed by atoms with Crippen LogP contribution in [-0.2, 0) is 112 Å². The van der Waals surface area contributed by atoms with Crippen LogP contribution in [0.15, 0.2) is 134 Å². The van der Waals surface area contributed by atoms with E-state index in [2.05, 4.69) is 0 Å². The summed E-state index contributed by atoms with van der Waals surface area (Å²) in [7, 11) is 0. The Hall–Kier alpha value is -9.92. The quantitative estimate of drug-likeness (QED) is 0.0149. The molecule has 6 aromatic rings. The van der Waals surface area contributed by atoms with Crippen molar-refractivity contribution >= 4 is 35.8 Å². The Morgan fingerprint density at radius 3 is 0.730 bits per heavy atom. The van der Waals surface area contributed by atoms with Crippen LogP contribution in [0.1, 0.15) is 186 Å². The molecule has 2 aromatic heterocycles. The summed E-state index contributed by atoms with van der Waals surface area (Å²) in [6.45, 7) is 11.5. The summed E-state index contributed by atoms with van der Waals surface area (Å²) in [6.07, 6.45) is 25.3. The minimum atomic E-state index is -0.383. The number of pyridine rings is 2. The highest BCUT2D eigenvalue weighted by molar-refractivity contribution is 5.89. The number of para-hydroxylation sites is 4. The van der Waals surface area contributed by atoms with Gasteiger partial charge in [0.2, 0.25) is 13.1 Å². The topological polar surface area (TPSA) is 313 Å². The summed E-state index contributed by atoms with van der Waals surface area (Å²) < 4.78 is 130. The molecule has 0 radical (unpaired) electrons. The monoisotopic (exact) mass is 1760 g/mol. The number of rotatable bonds is 41. The molecule has 0 N–H and O–H groups in total. The molecule has 4 heterocycles. The molecule has 0 fully saturated rings. The van der Waals surface area contributed by atoms with Gasteiger partial charge < -0.3 is 104 Å². The van der Waals surface area contributed by atoms with Gasteiger partial charge in [0.15, 0.2) is 70.8 Å². The van der Waals surface area contributed by atoms with Crippen LogP contribution in [0.3, 0.4) is 0 Å². The number of fused-ring (bicyclic) bond motifs is 4. The number of nitrogens with zero attached hydrogens (tertiary/aromatic N) is 2. The van der Waals surface area contributed by atoms with E-state index in [1.807, 2.05) is 107 Å². The summed E-state index contributed by atoms with van der Waals surface area (Å²) in [5, 5.41) is 0. The van der Waals surface area contributed by atoms with E-state index in [4.69, 9.17) is 104 Å². The molecule has 0 spiro atoms. The molecule has 30 nitrogen and oxygen atoms in total. The largest absolute Gasteiger partial charge is 0.487 e.